The highest BCUT2D eigenvalue weighted by molar-refractivity contribution is 7.80. The van der Waals surface area contributed by atoms with Crippen LogP contribution in [0.2, 0.25) is 0 Å². The maximum Gasteiger partial charge on any atom is 0.170 e. The van der Waals surface area contributed by atoms with Crippen molar-refractivity contribution in [3.63, 3.8) is 0 Å². The molecule has 0 amide bonds. The summed E-state index contributed by atoms with van der Waals surface area (Å²) in [4.78, 5) is 0. The quantitative estimate of drug-likeness (QED) is 0.699. The number of benzene rings is 2. The van der Waals surface area contributed by atoms with Crippen LogP contribution < -0.4 is 10.6 Å². The Labute approximate surface area is 151 Å². The van der Waals surface area contributed by atoms with Gasteiger partial charge in [-0.2, -0.15) is 0 Å². The molecule has 128 valence electrons. The van der Waals surface area contributed by atoms with Crippen molar-refractivity contribution < 1.29 is 0 Å². The van der Waals surface area contributed by atoms with Gasteiger partial charge in [0.1, 0.15) is 0 Å². The van der Waals surface area contributed by atoms with E-state index in [1.165, 1.54) is 11.1 Å². The molecule has 0 spiro atoms. The standard InChI is InChI=1S/C21H28N2S/c1-5-17-11-13-19(14-12-17)23-20(24)22-16(2)15-21(3,4)18-9-7-6-8-10-18/h6-14,16H,5,15H2,1-4H3,(H2,22,23,24)/t16-/m0/s1. The van der Waals surface area contributed by atoms with Crippen LogP contribution in [0, 0.1) is 0 Å². The number of anilines is 1. The average molecular weight is 341 g/mol. The lowest BCUT2D eigenvalue weighted by molar-refractivity contribution is 0.420. The van der Waals surface area contributed by atoms with Gasteiger partial charge < -0.3 is 10.6 Å². The summed E-state index contributed by atoms with van der Waals surface area (Å²) in [5.41, 5.74) is 3.82. The molecule has 0 saturated carbocycles. The third kappa shape index (κ3) is 5.34. The first kappa shape index (κ1) is 18.5. The Bertz CT molecular complexity index is 647. The molecule has 24 heavy (non-hydrogen) atoms. The second-order valence-corrected chi connectivity index (χ2v) is 7.41. The SMILES string of the molecule is CCc1ccc(NC(=S)N[C@@H](C)CC(C)(C)c2ccccc2)cc1. The molecule has 2 rings (SSSR count). The van der Waals surface area contributed by atoms with Crippen LogP contribution in [0.25, 0.3) is 0 Å². The Hall–Kier alpha value is -1.87. The highest BCUT2D eigenvalue weighted by Gasteiger charge is 2.23. The van der Waals surface area contributed by atoms with Crippen molar-refractivity contribution in [1.29, 1.82) is 0 Å². The minimum absolute atomic E-state index is 0.103. The molecule has 0 unspecified atom stereocenters. The molecule has 0 aliphatic heterocycles. The third-order valence-electron chi connectivity index (χ3n) is 4.37. The van der Waals surface area contributed by atoms with Crippen LogP contribution >= 0.6 is 12.2 Å². The fourth-order valence-electron chi connectivity index (χ4n) is 3.04. The second-order valence-electron chi connectivity index (χ2n) is 7.00. The number of rotatable bonds is 6. The molecule has 0 aromatic heterocycles. The van der Waals surface area contributed by atoms with Gasteiger partial charge in [-0.3, -0.25) is 0 Å². The van der Waals surface area contributed by atoms with Crippen LogP contribution in [0.5, 0.6) is 0 Å². The van der Waals surface area contributed by atoms with Crippen molar-refractivity contribution in [3.05, 3.63) is 65.7 Å². The lowest BCUT2D eigenvalue weighted by atomic mass is 9.79. The fraction of sp³-hybridized carbons (Fsp3) is 0.381. The summed E-state index contributed by atoms with van der Waals surface area (Å²) in [5.74, 6) is 0. The molecular formula is C21H28N2S. The van der Waals surface area contributed by atoms with Gasteiger partial charge in [0.15, 0.2) is 5.11 Å². The first-order valence-electron chi connectivity index (χ1n) is 8.62. The first-order valence-corrected chi connectivity index (χ1v) is 9.03. The molecule has 0 heterocycles. The lowest BCUT2D eigenvalue weighted by Gasteiger charge is -2.29. The summed E-state index contributed by atoms with van der Waals surface area (Å²) < 4.78 is 0. The van der Waals surface area contributed by atoms with E-state index in [1.807, 2.05) is 0 Å². The molecule has 0 saturated heterocycles. The molecule has 0 aliphatic rings. The Kier molecular flexibility index (Phi) is 6.38. The van der Waals surface area contributed by atoms with Crippen molar-refractivity contribution >= 4 is 23.0 Å². The summed E-state index contributed by atoms with van der Waals surface area (Å²) in [6.07, 6.45) is 2.06. The van der Waals surface area contributed by atoms with Crippen LogP contribution in [0.4, 0.5) is 5.69 Å². The number of aryl methyl sites for hydroxylation is 1. The Morgan fingerprint density at radius 1 is 1.04 bits per heavy atom. The van der Waals surface area contributed by atoms with E-state index < -0.39 is 0 Å². The van der Waals surface area contributed by atoms with Crippen LogP contribution in [0.3, 0.4) is 0 Å². The minimum Gasteiger partial charge on any atom is -0.360 e. The van der Waals surface area contributed by atoms with E-state index in [0.717, 1.165) is 18.5 Å². The monoisotopic (exact) mass is 340 g/mol. The number of nitrogens with one attached hydrogen (secondary N) is 2. The minimum atomic E-state index is 0.103. The van der Waals surface area contributed by atoms with Gasteiger partial charge in [-0.15, -0.1) is 0 Å². The molecule has 0 fully saturated rings. The largest absolute Gasteiger partial charge is 0.360 e. The zero-order chi connectivity index (χ0) is 17.6. The Balaban J connectivity index is 1.89. The topological polar surface area (TPSA) is 24.1 Å². The summed E-state index contributed by atoms with van der Waals surface area (Å²) in [7, 11) is 0. The smallest absolute Gasteiger partial charge is 0.170 e. The van der Waals surface area contributed by atoms with E-state index in [0.29, 0.717) is 5.11 Å². The van der Waals surface area contributed by atoms with E-state index >= 15 is 0 Å². The predicted molar refractivity (Wildman–Crippen MR) is 109 cm³/mol. The van der Waals surface area contributed by atoms with Gasteiger partial charge in [-0.05, 0) is 60.7 Å². The zero-order valence-electron chi connectivity index (χ0n) is 15.1. The van der Waals surface area contributed by atoms with Gasteiger partial charge >= 0.3 is 0 Å². The van der Waals surface area contributed by atoms with Crippen LogP contribution in [0.1, 0.15) is 45.2 Å². The van der Waals surface area contributed by atoms with E-state index in [9.17, 15) is 0 Å². The van der Waals surface area contributed by atoms with E-state index in [-0.39, 0.29) is 11.5 Å². The molecule has 1 atom stereocenters. The molecular weight excluding hydrogens is 312 g/mol. The lowest BCUT2D eigenvalue weighted by Crippen LogP contribution is -2.39. The van der Waals surface area contributed by atoms with Gasteiger partial charge in [-0.25, -0.2) is 0 Å². The van der Waals surface area contributed by atoms with Gasteiger partial charge in [-0.1, -0.05) is 63.2 Å². The van der Waals surface area contributed by atoms with Crippen molar-refractivity contribution in [1.82, 2.24) is 5.32 Å². The van der Waals surface area contributed by atoms with E-state index in [2.05, 4.69) is 92.9 Å². The normalized spacial score (nSPS) is 12.5. The van der Waals surface area contributed by atoms with Crippen LogP contribution in [-0.4, -0.2) is 11.2 Å². The van der Waals surface area contributed by atoms with E-state index in [1.54, 1.807) is 0 Å². The third-order valence-corrected chi connectivity index (χ3v) is 4.59. The fourth-order valence-corrected chi connectivity index (χ4v) is 3.36. The van der Waals surface area contributed by atoms with Crippen LogP contribution in [-0.2, 0) is 11.8 Å². The zero-order valence-corrected chi connectivity index (χ0v) is 15.9. The highest BCUT2D eigenvalue weighted by Crippen LogP contribution is 2.28. The number of thiocarbonyl (C=S) groups is 1. The molecule has 2 nitrogen and oxygen atoms in total. The van der Waals surface area contributed by atoms with Crippen molar-refractivity contribution in [2.75, 3.05) is 5.32 Å². The highest BCUT2D eigenvalue weighted by atomic mass is 32.1. The van der Waals surface area contributed by atoms with E-state index in [4.69, 9.17) is 12.2 Å². The van der Waals surface area contributed by atoms with Crippen molar-refractivity contribution in [2.45, 2.75) is 52.0 Å². The molecule has 2 N–H and O–H groups in total. The van der Waals surface area contributed by atoms with Gasteiger partial charge in [0.2, 0.25) is 0 Å². The van der Waals surface area contributed by atoms with Gasteiger partial charge in [0.25, 0.3) is 0 Å². The Morgan fingerprint density at radius 3 is 2.25 bits per heavy atom. The van der Waals surface area contributed by atoms with Crippen LogP contribution in [0.15, 0.2) is 54.6 Å². The molecule has 0 radical (unpaired) electrons. The maximum atomic E-state index is 5.46. The average Bonchev–Trinajstić information content (AvgIpc) is 2.55. The summed E-state index contributed by atoms with van der Waals surface area (Å²) >= 11 is 5.46. The molecule has 0 bridgehead atoms. The molecule has 2 aromatic carbocycles. The van der Waals surface area contributed by atoms with Crippen molar-refractivity contribution in [2.24, 2.45) is 0 Å². The maximum absolute atomic E-state index is 5.46. The molecule has 2 aromatic rings. The molecule has 3 heteroatoms. The predicted octanol–water partition coefficient (Wildman–Crippen LogP) is 5.29. The summed E-state index contributed by atoms with van der Waals surface area (Å²) in [6.45, 7) is 8.89. The second kappa shape index (κ2) is 8.29. The summed E-state index contributed by atoms with van der Waals surface area (Å²) in [5, 5.41) is 7.35. The van der Waals surface area contributed by atoms with Crippen molar-refractivity contribution in [3.8, 4) is 0 Å². The van der Waals surface area contributed by atoms with Gasteiger partial charge in [0.05, 0.1) is 0 Å². The van der Waals surface area contributed by atoms with Gasteiger partial charge in [0, 0.05) is 11.7 Å². The first-order chi connectivity index (χ1) is 11.4. The molecule has 0 aliphatic carbocycles. The number of hydrogen-bond donors (Lipinski definition) is 2. The Morgan fingerprint density at radius 2 is 1.67 bits per heavy atom. The summed E-state index contributed by atoms with van der Waals surface area (Å²) in [6, 6.07) is 19.3. The number of hydrogen-bond acceptors (Lipinski definition) is 1.